The molecule has 0 saturated heterocycles. The highest BCUT2D eigenvalue weighted by Crippen LogP contribution is 2.20. The SMILES string of the molecule is CCC(NCc1ccon1)c1cccc(Br)c1. The zero-order valence-corrected chi connectivity index (χ0v) is 11.3. The number of nitrogens with one attached hydrogen (secondary N) is 1. The molecule has 0 aliphatic carbocycles. The first-order valence-electron chi connectivity index (χ1n) is 5.67. The molecule has 1 aromatic heterocycles. The van der Waals surface area contributed by atoms with E-state index in [-0.39, 0.29) is 0 Å². The summed E-state index contributed by atoms with van der Waals surface area (Å²) in [5.74, 6) is 0. The van der Waals surface area contributed by atoms with Crippen molar-refractivity contribution in [3.8, 4) is 0 Å². The number of aromatic nitrogens is 1. The van der Waals surface area contributed by atoms with Gasteiger partial charge in [0.2, 0.25) is 0 Å². The van der Waals surface area contributed by atoms with Gasteiger partial charge in [0.1, 0.15) is 6.26 Å². The van der Waals surface area contributed by atoms with Crippen LogP contribution in [0.3, 0.4) is 0 Å². The molecular weight excluding hydrogens is 280 g/mol. The third-order valence-corrected chi connectivity index (χ3v) is 3.17. The van der Waals surface area contributed by atoms with Crippen molar-refractivity contribution in [3.63, 3.8) is 0 Å². The molecule has 0 spiro atoms. The molecule has 1 aromatic carbocycles. The van der Waals surface area contributed by atoms with Crippen molar-refractivity contribution in [2.45, 2.75) is 25.9 Å². The molecule has 1 heterocycles. The van der Waals surface area contributed by atoms with Gasteiger partial charge in [0, 0.05) is 23.1 Å². The molecule has 2 aromatic rings. The van der Waals surface area contributed by atoms with E-state index in [0.29, 0.717) is 6.04 Å². The predicted molar refractivity (Wildman–Crippen MR) is 70.5 cm³/mol. The third-order valence-electron chi connectivity index (χ3n) is 2.68. The summed E-state index contributed by atoms with van der Waals surface area (Å²) in [6.07, 6.45) is 2.63. The molecule has 0 bridgehead atoms. The van der Waals surface area contributed by atoms with Crippen molar-refractivity contribution >= 4 is 15.9 Å². The Kier molecular flexibility index (Phi) is 4.34. The van der Waals surface area contributed by atoms with E-state index in [1.165, 1.54) is 5.56 Å². The average Bonchev–Trinajstić information content (AvgIpc) is 2.83. The molecule has 90 valence electrons. The standard InChI is InChI=1S/C13H15BrN2O/c1-2-13(10-4-3-5-11(14)8-10)15-9-12-6-7-17-16-12/h3-8,13,15H,2,9H2,1H3. The van der Waals surface area contributed by atoms with Crippen LogP contribution in [0.5, 0.6) is 0 Å². The quantitative estimate of drug-likeness (QED) is 0.914. The lowest BCUT2D eigenvalue weighted by Crippen LogP contribution is -2.20. The molecule has 2 rings (SSSR count). The number of nitrogens with zero attached hydrogens (tertiary/aromatic N) is 1. The van der Waals surface area contributed by atoms with Crippen LogP contribution in [0, 0.1) is 0 Å². The first kappa shape index (κ1) is 12.3. The van der Waals surface area contributed by atoms with Crippen molar-refractivity contribution in [2.75, 3.05) is 0 Å². The van der Waals surface area contributed by atoms with Crippen LogP contribution >= 0.6 is 15.9 Å². The van der Waals surface area contributed by atoms with Gasteiger partial charge in [-0.3, -0.25) is 0 Å². The fraction of sp³-hybridized carbons (Fsp3) is 0.308. The van der Waals surface area contributed by atoms with Gasteiger partial charge < -0.3 is 9.84 Å². The van der Waals surface area contributed by atoms with Crippen LogP contribution in [-0.4, -0.2) is 5.16 Å². The summed E-state index contributed by atoms with van der Waals surface area (Å²) in [4.78, 5) is 0. The van der Waals surface area contributed by atoms with Gasteiger partial charge >= 0.3 is 0 Å². The minimum Gasteiger partial charge on any atom is -0.364 e. The summed E-state index contributed by atoms with van der Waals surface area (Å²) < 4.78 is 5.92. The molecule has 0 fully saturated rings. The molecule has 17 heavy (non-hydrogen) atoms. The normalized spacial score (nSPS) is 12.6. The van der Waals surface area contributed by atoms with Gasteiger partial charge in [-0.15, -0.1) is 0 Å². The second-order valence-corrected chi connectivity index (χ2v) is 4.80. The van der Waals surface area contributed by atoms with Crippen molar-refractivity contribution in [2.24, 2.45) is 0 Å². The van der Waals surface area contributed by atoms with Crippen LogP contribution < -0.4 is 5.32 Å². The molecule has 3 nitrogen and oxygen atoms in total. The van der Waals surface area contributed by atoms with Crippen molar-refractivity contribution < 1.29 is 4.52 Å². The second-order valence-electron chi connectivity index (χ2n) is 3.89. The average molecular weight is 295 g/mol. The highest BCUT2D eigenvalue weighted by molar-refractivity contribution is 9.10. The van der Waals surface area contributed by atoms with Crippen LogP contribution in [0.1, 0.15) is 30.6 Å². The van der Waals surface area contributed by atoms with Crippen LogP contribution in [-0.2, 0) is 6.54 Å². The minimum atomic E-state index is 0.337. The van der Waals surface area contributed by atoms with Gasteiger partial charge in [-0.25, -0.2) is 0 Å². The van der Waals surface area contributed by atoms with Crippen LogP contribution in [0.25, 0.3) is 0 Å². The Morgan fingerprint density at radius 3 is 2.94 bits per heavy atom. The number of halogens is 1. The summed E-state index contributed by atoms with van der Waals surface area (Å²) in [6, 6.07) is 10.6. The van der Waals surface area contributed by atoms with Crippen LogP contribution in [0.4, 0.5) is 0 Å². The monoisotopic (exact) mass is 294 g/mol. The topological polar surface area (TPSA) is 38.1 Å². The molecule has 1 N–H and O–H groups in total. The lowest BCUT2D eigenvalue weighted by atomic mass is 10.0. The molecular formula is C13H15BrN2O. The predicted octanol–water partition coefficient (Wildman–Crippen LogP) is 3.68. The number of hydrogen-bond donors (Lipinski definition) is 1. The van der Waals surface area contributed by atoms with Gasteiger partial charge in [-0.1, -0.05) is 40.1 Å². The summed E-state index contributed by atoms with van der Waals surface area (Å²) in [7, 11) is 0. The molecule has 0 aliphatic rings. The van der Waals surface area contributed by atoms with E-state index in [2.05, 4.69) is 51.5 Å². The third kappa shape index (κ3) is 3.41. The van der Waals surface area contributed by atoms with E-state index >= 15 is 0 Å². The molecule has 0 aliphatic heterocycles. The maximum atomic E-state index is 4.81. The summed E-state index contributed by atoms with van der Waals surface area (Å²) in [5.41, 5.74) is 2.21. The fourth-order valence-corrected chi connectivity index (χ4v) is 2.19. The molecule has 1 atom stereocenters. The molecule has 1 unspecified atom stereocenters. The van der Waals surface area contributed by atoms with Gasteiger partial charge in [0.15, 0.2) is 0 Å². The van der Waals surface area contributed by atoms with E-state index in [1.807, 2.05) is 12.1 Å². The highest BCUT2D eigenvalue weighted by atomic mass is 79.9. The lowest BCUT2D eigenvalue weighted by Gasteiger charge is -2.16. The van der Waals surface area contributed by atoms with Crippen molar-refractivity contribution in [1.29, 1.82) is 0 Å². The molecule has 0 amide bonds. The van der Waals surface area contributed by atoms with E-state index in [9.17, 15) is 0 Å². The van der Waals surface area contributed by atoms with Crippen molar-refractivity contribution in [1.82, 2.24) is 10.5 Å². The fourth-order valence-electron chi connectivity index (χ4n) is 1.78. The molecule has 0 saturated carbocycles. The van der Waals surface area contributed by atoms with E-state index in [0.717, 1.165) is 23.1 Å². The molecule has 0 radical (unpaired) electrons. The summed E-state index contributed by atoms with van der Waals surface area (Å²) >= 11 is 3.49. The van der Waals surface area contributed by atoms with Crippen LogP contribution in [0.2, 0.25) is 0 Å². The van der Waals surface area contributed by atoms with Gasteiger partial charge in [-0.2, -0.15) is 0 Å². The van der Waals surface area contributed by atoms with Crippen LogP contribution in [0.15, 0.2) is 45.6 Å². The zero-order chi connectivity index (χ0) is 12.1. The van der Waals surface area contributed by atoms with Crippen molar-refractivity contribution in [3.05, 3.63) is 52.3 Å². The number of hydrogen-bond acceptors (Lipinski definition) is 3. The maximum Gasteiger partial charge on any atom is 0.124 e. The van der Waals surface area contributed by atoms with E-state index in [1.54, 1.807) is 6.26 Å². The van der Waals surface area contributed by atoms with E-state index in [4.69, 9.17) is 4.52 Å². The van der Waals surface area contributed by atoms with Gasteiger partial charge in [-0.05, 0) is 24.1 Å². The Morgan fingerprint density at radius 1 is 1.41 bits per heavy atom. The Balaban J connectivity index is 2.01. The number of benzene rings is 1. The van der Waals surface area contributed by atoms with Gasteiger partial charge in [0.25, 0.3) is 0 Å². The second kappa shape index (κ2) is 5.98. The largest absolute Gasteiger partial charge is 0.364 e. The Labute approximate surface area is 109 Å². The zero-order valence-electron chi connectivity index (χ0n) is 9.69. The maximum absolute atomic E-state index is 4.81. The summed E-state index contributed by atoms with van der Waals surface area (Å²) in [6.45, 7) is 2.89. The summed E-state index contributed by atoms with van der Waals surface area (Å²) in [5, 5.41) is 7.36. The number of rotatable bonds is 5. The Hall–Kier alpha value is -1.13. The first-order valence-corrected chi connectivity index (χ1v) is 6.47. The van der Waals surface area contributed by atoms with E-state index < -0.39 is 0 Å². The Bertz CT molecular complexity index is 456. The minimum absolute atomic E-state index is 0.337. The smallest absolute Gasteiger partial charge is 0.124 e. The Morgan fingerprint density at radius 2 is 2.29 bits per heavy atom. The highest BCUT2D eigenvalue weighted by Gasteiger charge is 2.09. The lowest BCUT2D eigenvalue weighted by molar-refractivity contribution is 0.403. The first-order chi connectivity index (χ1) is 8.29. The molecule has 4 heteroatoms. The van der Waals surface area contributed by atoms with Gasteiger partial charge in [0.05, 0.1) is 5.69 Å².